The van der Waals surface area contributed by atoms with Gasteiger partial charge in [-0.05, 0) is 12.1 Å². The highest BCUT2D eigenvalue weighted by atomic mass is 16.5. The van der Waals surface area contributed by atoms with Gasteiger partial charge >= 0.3 is 0 Å². The van der Waals surface area contributed by atoms with Crippen molar-refractivity contribution in [2.45, 2.75) is 0 Å². The fourth-order valence-corrected chi connectivity index (χ4v) is 0.891. The Kier molecular flexibility index (Phi) is 2.69. The summed E-state index contributed by atoms with van der Waals surface area (Å²) in [4.78, 5) is 11.9. The number of methoxy groups -OCH3 is 1. The van der Waals surface area contributed by atoms with Gasteiger partial charge in [-0.3, -0.25) is 4.79 Å². The lowest BCUT2D eigenvalue weighted by molar-refractivity contribution is -0.107. The number of hydrogen-bond donors (Lipinski definition) is 0. The Morgan fingerprint density at radius 1 is 1.50 bits per heavy atom. The molecule has 3 nitrogen and oxygen atoms in total. The summed E-state index contributed by atoms with van der Waals surface area (Å²) < 4.78 is 5.01. The van der Waals surface area contributed by atoms with Crippen LogP contribution < -0.4 is 9.64 Å². The van der Waals surface area contributed by atoms with E-state index in [0.717, 1.165) is 17.8 Å². The Balaban J connectivity index is 2.93. The van der Waals surface area contributed by atoms with Gasteiger partial charge in [0.15, 0.2) is 0 Å². The average Bonchev–Trinajstić information content (AvgIpc) is 2.17. The molecule has 0 saturated carbocycles. The van der Waals surface area contributed by atoms with Gasteiger partial charge in [-0.15, -0.1) is 0 Å². The first-order valence-corrected chi connectivity index (χ1v) is 3.60. The molecule has 12 heavy (non-hydrogen) atoms. The lowest BCUT2D eigenvalue weighted by atomic mass is 10.3. The largest absolute Gasteiger partial charge is 0.497 e. The molecule has 0 atom stereocenters. The number of hydrogen-bond acceptors (Lipinski definition) is 2. The molecule has 0 bridgehead atoms. The fourth-order valence-electron chi connectivity index (χ4n) is 0.891. The molecule has 0 aliphatic heterocycles. The predicted molar refractivity (Wildman–Crippen MR) is 47.5 cm³/mol. The molecule has 1 amide bonds. The molecular formula is C9H11NO2. The summed E-state index contributed by atoms with van der Waals surface area (Å²) in [5.41, 5.74) is 0.823. The van der Waals surface area contributed by atoms with E-state index in [1.807, 2.05) is 18.2 Å². The number of nitrogens with zero attached hydrogens (tertiary/aromatic N) is 1. The lowest BCUT2D eigenvalue weighted by Crippen LogP contribution is -2.13. The van der Waals surface area contributed by atoms with Crippen molar-refractivity contribution in [3.8, 4) is 5.75 Å². The van der Waals surface area contributed by atoms with Crippen LogP contribution in [0.1, 0.15) is 0 Å². The van der Waals surface area contributed by atoms with Gasteiger partial charge in [-0.1, -0.05) is 6.07 Å². The number of amides is 1. The van der Waals surface area contributed by atoms with Gasteiger partial charge in [0.2, 0.25) is 6.41 Å². The molecule has 0 heterocycles. The predicted octanol–water partition coefficient (Wildman–Crippen LogP) is 1.29. The molecule has 1 aromatic carbocycles. The molecule has 64 valence electrons. The van der Waals surface area contributed by atoms with Gasteiger partial charge in [0.25, 0.3) is 0 Å². The van der Waals surface area contributed by atoms with E-state index >= 15 is 0 Å². The van der Waals surface area contributed by atoms with Gasteiger partial charge in [-0.25, -0.2) is 0 Å². The minimum atomic E-state index is 0.751. The van der Waals surface area contributed by atoms with Gasteiger partial charge in [-0.2, -0.15) is 0 Å². The number of carbonyl (C=O) groups is 1. The molecule has 0 aromatic heterocycles. The number of benzene rings is 1. The third-order valence-electron chi connectivity index (χ3n) is 1.62. The quantitative estimate of drug-likeness (QED) is 0.631. The normalized spacial score (nSPS) is 9.17. The van der Waals surface area contributed by atoms with Crippen molar-refractivity contribution >= 4 is 12.1 Å². The van der Waals surface area contributed by atoms with Crippen LogP contribution in [-0.4, -0.2) is 20.6 Å². The zero-order chi connectivity index (χ0) is 8.97. The van der Waals surface area contributed by atoms with E-state index in [0.29, 0.717) is 0 Å². The molecule has 0 N–H and O–H groups in total. The van der Waals surface area contributed by atoms with E-state index in [1.54, 1.807) is 20.2 Å². The summed E-state index contributed by atoms with van der Waals surface area (Å²) in [6, 6.07) is 7.32. The maximum Gasteiger partial charge on any atom is 0.213 e. The molecule has 0 spiro atoms. The van der Waals surface area contributed by atoms with Crippen LogP contribution in [0.25, 0.3) is 0 Å². The smallest absolute Gasteiger partial charge is 0.213 e. The van der Waals surface area contributed by atoms with E-state index in [1.165, 1.54) is 4.90 Å². The Labute approximate surface area is 71.6 Å². The van der Waals surface area contributed by atoms with E-state index in [2.05, 4.69) is 0 Å². The Morgan fingerprint density at radius 2 is 2.25 bits per heavy atom. The maximum atomic E-state index is 10.4. The first kappa shape index (κ1) is 8.59. The van der Waals surface area contributed by atoms with Crippen LogP contribution >= 0.6 is 0 Å². The van der Waals surface area contributed by atoms with E-state index < -0.39 is 0 Å². The summed E-state index contributed by atoms with van der Waals surface area (Å²) in [5, 5.41) is 0. The molecule has 0 fully saturated rings. The number of ether oxygens (including phenoxy) is 1. The topological polar surface area (TPSA) is 29.5 Å². The first-order valence-electron chi connectivity index (χ1n) is 3.60. The van der Waals surface area contributed by atoms with Gasteiger partial charge in [0.1, 0.15) is 5.75 Å². The second kappa shape index (κ2) is 3.76. The van der Waals surface area contributed by atoms with Crippen LogP contribution in [0.2, 0.25) is 0 Å². The molecule has 0 unspecified atom stereocenters. The third kappa shape index (κ3) is 1.75. The van der Waals surface area contributed by atoms with Crippen molar-refractivity contribution in [2.75, 3.05) is 19.1 Å². The highest BCUT2D eigenvalue weighted by molar-refractivity contribution is 5.74. The second-order valence-electron chi connectivity index (χ2n) is 2.42. The van der Waals surface area contributed by atoms with Crippen LogP contribution in [0.15, 0.2) is 24.3 Å². The van der Waals surface area contributed by atoms with Crippen molar-refractivity contribution in [1.29, 1.82) is 0 Å². The minimum Gasteiger partial charge on any atom is -0.497 e. The highest BCUT2D eigenvalue weighted by Crippen LogP contribution is 2.18. The maximum absolute atomic E-state index is 10.4. The Morgan fingerprint density at radius 3 is 2.83 bits per heavy atom. The van der Waals surface area contributed by atoms with Crippen molar-refractivity contribution < 1.29 is 9.53 Å². The number of carbonyl (C=O) groups excluding carboxylic acids is 1. The molecular weight excluding hydrogens is 154 g/mol. The summed E-state index contributed by atoms with van der Waals surface area (Å²) in [6.45, 7) is 0. The van der Waals surface area contributed by atoms with Crippen LogP contribution in [0.3, 0.4) is 0 Å². The molecule has 1 aromatic rings. The number of anilines is 1. The van der Waals surface area contributed by atoms with E-state index in [4.69, 9.17) is 4.74 Å². The van der Waals surface area contributed by atoms with Crippen LogP contribution in [-0.2, 0) is 4.79 Å². The van der Waals surface area contributed by atoms with Crippen LogP contribution in [0.5, 0.6) is 5.75 Å². The molecule has 0 aliphatic rings. The van der Waals surface area contributed by atoms with Crippen molar-refractivity contribution in [3.63, 3.8) is 0 Å². The van der Waals surface area contributed by atoms with Gasteiger partial charge in [0, 0.05) is 18.8 Å². The summed E-state index contributed by atoms with van der Waals surface area (Å²) in [7, 11) is 3.29. The monoisotopic (exact) mass is 165 g/mol. The van der Waals surface area contributed by atoms with E-state index in [-0.39, 0.29) is 0 Å². The minimum absolute atomic E-state index is 0.751. The molecule has 0 saturated heterocycles. The Hall–Kier alpha value is -1.51. The van der Waals surface area contributed by atoms with Crippen LogP contribution in [0.4, 0.5) is 5.69 Å². The first-order chi connectivity index (χ1) is 5.77. The molecule has 1 rings (SSSR count). The average molecular weight is 165 g/mol. The van der Waals surface area contributed by atoms with E-state index in [9.17, 15) is 4.79 Å². The lowest BCUT2D eigenvalue weighted by Gasteiger charge is -2.10. The Bertz CT molecular complexity index is 273. The molecule has 0 radical (unpaired) electrons. The fraction of sp³-hybridized carbons (Fsp3) is 0.222. The summed E-state index contributed by atoms with van der Waals surface area (Å²) in [5.74, 6) is 0.751. The van der Waals surface area contributed by atoms with Gasteiger partial charge in [0.05, 0.1) is 7.11 Å². The number of rotatable bonds is 3. The second-order valence-corrected chi connectivity index (χ2v) is 2.42. The van der Waals surface area contributed by atoms with Gasteiger partial charge < -0.3 is 9.64 Å². The zero-order valence-corrected chi connectivity index (χ0v) is 7.15. The van der Waals surface area contributed by atoms with Crippen molar-refractivity contribution in [3.05, 3.63) is 24.3 Å². The third-order valence-corrected chi connectivity index (χ3v) is 1.62. The summed E-state index contributed by atoms with van der Waals surface area (Å²) >= 11 is 0. The van der Waals surface area contributed by atoms with Crippen LogP contribution in [0, 0.1) is 0 Å². The van der Waals surface area contributed by atoms with Crippen molar-refractivity contribution in [2.24, 2.45) is 0 Å². The van der Waals surface area contributed by atoms with Crippen molar-refractivity contribution in [1.82, 2.24) is 0 Å². The highest BCUT2D eigenvalue weighted by Gasteiger charge is 1.98. The SMILES string of the molecule is COc1cccc(N(C)C=O)c1. The molecule has 3 heteroatoms. The standard InChI is InChI=1S/C9H11NO2/c1-10(7-11)8-4-3-5-9(6-8)12-2/h3-7H,1-2H3. The molecule has 0 aliphatic carbocycles. The summed E-state index contributed by atoms with van der Waals surface area (Å²) in [6.07, 6.45) is 0.759. The zero-order valence-electron chi connectivity index (χ0n) is 7.15.